The van der Waals surface area contributed by atoms with Crippen molar-refractivity contribution in [2.24, 2.45) is 23.5 Å². The van der Waals surface area contributed by atoms with Gasteiger partial charge in [-0.2, -0.15) is 0 Å². The first-order valence-electron chi connectivity index (χ1n) is 8.74. The monoisotopic (exact) mass is 295 g/mol. The summed E-state index contributed by atoms with van der Waals surface area (Å²) in [7, 11) is 0. The molecule has 2 aliphatic rings. The van der Waals surface area contributed by atoms with Gasteiger partial charge in [-0.15, -0.1) is 0 Å². The summed E-state index contributed by atoms with van der Waals surface area (Å²) in [6.07, 6.45) is 6.04. The van der Waals surface area contributed by atoms with Gasteiger partial charge in [0.1, 0.15) is 0 Å². The fourth-order valence-corrected chi connectivity index (χ4v) is 3.90. The molecule has 21 heavy (non-hydrogen) atoms. The number of rotatable bonds is 4. The third-order valence-electron chi connectivity index (χ3n) is 5.84. The molecule has 5 unspecified atom stereocenters. The normalized spacial score (nSPS) is 38.2. The van der Waals surface area contributed by atoms with Crippen molar-refractivity contribution in [3.8, 4) is 0 Å². The van der Waals surface area contributed by atoms with Crippen LogP contribution in [-0.2, 0) is 4.79 Å². The Bertz CT molecular complexity index is 347. The highest BCUT2D eigenvalue weighted by Crippen LogP contribution is 2.29. The zero-order chi connectivity index (χ0) is 15.4. The summed E-state index contributed by atoms with van der Waals surface area (Å²) in [6.45, 7) is 9.06. The summed E-state index contributed by atoms with van der Waals surface area (Å²) >= 11 is 0. The predicted molar refractivity (Wildman–Crippen MR) is 86.9 cm³/mol. The Morgan fingerprint density at radius 1 is 1.19 bits per heavy atom. The topological polar surface area (TPSA) is 58.4 Å². The fourth-order valence-electron chi connectivity index (χ4n) is 3.90. The summed E-state index contributed by atoms with van der Waals surface area (Å²) in [5.41, 5.74) is 5.80. The predicted octanol–water partition coefficient (Wildman–Crippen LogP) is 1.99. The third kappa shape index (κ3) is 4.43. The van der Waals surface area contributed by atoms with Gasteiger partial charge >= 0.3 is 0 Å². The molecule has 2 fully saturated rings. The highest BCUT2D eigenvalue weighted by atomic mass is 16.2. The van der Waals surface area contributed by atoms with Crippen LogP contribution in [0.3, 0.4) is 0 Å². The van der Waals surface area contributed by atoms with Crippen molar-refractivity contribution in [2.45, 2.75) is 65.0 Å². The van der Waals surface area contributed by atoms with Crippen molar-refractivity contribution in [3.63, 3.8) is 0 Å². The number of nitrogens with two attached hydrogens (primary N) is 1. The van der Waals surface area contributed by atoms with E-state index in [0.29, 0.717) is 30.5 Å². The number of piperidine rings is 1. The Kier molecular flexibility index (Phi) is 6.06. The molecule has 1 saturated heterocycles. The van der Waals surface area contributed by atoms with Gasteiger partial charge in [0.05, 0.1) is 6.54 Å². The molecule has 1 aliphatic heterocycles. The molecule has 1 amide bonds. The number of hydrogen-bond donors (Lipinski definition) is 2. The molecule has 0 aromatic carbocycles. The summed E-state index contributed by atoms with van der Waals surface area (Å²) in [5, 5.41) is 3.29. The number of nitrogens with one attached hydrogen (secondary N) is 1. The van der Waals surface area contributed by atoms with E-state index in [-0.39, 0.29) is 5.91 Å². The van der Waals surface area contributed by atoms with Crippen LogP contribution in [0.25, 0.3) is 0 Å². The highest BCUT2D eigenvalue weighted by molar-refractivity contribution is 5.78. The standard InChI is InChI=1S/C17H33N3O/c1-12-5-4-6-16(14(12)3)19-17(21)11-20-10-15(9-18)8-7-13(20)2/h12-16H,4-11,18H2,1-3H3,(H,19,21). The Morgan fingerprint density at radius 2 is 1.95 bits per heavy atom. The Balaban J connectivity index is 1.83. The maximum absolute atomic E-state index is 12.4. The lowest BCUT2D eigenvalue weighted by Gasteiger charge is -2.38. The SMILES string of the molecule is CC1CCCC(NC(=O)CN2CC(CN)CCC2C)C1C. The maximum Gasteiger partial charge on any atom is 0.234 e. The van der Waals surface area contributed by atoms with E-state index in [4.69, 9.17) is 5.73 Å². The van der Waals surface area contributed by atoms with Crippen LogP contribution in [0, 0.1) is 17.8 Å². The highest BCUT2D eigenvalue weighted by Gasteiger charge is 2.30. The Labute approximate surface area is 129 Å². The van der Waals surface area contributed by atoms with E-state index >= 15 is 0 Å². The lowest BCUT2D eigenvalue weighted by molar-refractivity contribution is -0.124. The maximum atomic E-state index is 12.4. The van der Waals surface area contributed by atoms with Crippen molar-refractivity contribution in [3.05, 3.63) is 0 Å². The number of carbonyl (C=O) groups excluding carboxylic acids is 1. The zero-order valence-electron chi connectivity index (χ0n) is 14.0. The number of hydrogen-bond acceptors (Lipinski definition) is 3. The van der Waals surface area contributed by atoms with Crippen molar-refractivity contribution in [1.29, 1.82) is 0 Å². The lowest BCUT2D eigenvalue weighted by Crippen LogP contribution is -2.51. The Morgan fingerprint density at radius 3 is 2.67 bits per heavy atom. The summed E-state index contributed by atoms with van der Waals surface area (Å²) in [4.78, 5) is 14.7. The molecule has 3 N–H and O–H groups in total. The summed E-state index contributed by atoms with van der Waals surface area (Å²) in [5.74, 6) is 2.07. The average Bonchev–Trinajstić information content (AvgIpc) is 2.46. The second-order valence-electron chi connectivity index (χ2n) is 7.40. The quantitative estimate of drug-likeness (QED) is 0.834. The minimum atomic E-state index is 0.200. The molecule has 0 radical (unpaired) electrons. The van der Waals surface area contributed by atoms with E-state index in [1.165, 1.54) is 19.3 Å². The Hall–Kier alpha value is -0.610. The first kappa shape index (κ1) is 16.8. The van der Waals surface area contributed by atoms with Crippen molar-refractivity contribution < 1.29 is 4.79 Å². The van der Waals surface area contributed by atoms with E-state index in [0.717, 1.165) is 31.8 Å². The second-order valence-corrected chi connectivity index (χ2v) is 7.40. The minimum absolute atomic E-state index is 0.200. The van der Waals surface area contributed by atoms with Crippen molar-refractivity contribution in [2.75, 3.05) is 19.6 Å². The first-order chi connectivity index (χ1) is 10.0. The van der Waals surface area contributed by atoms with Crippen molar-refractivity contribution >= 4 is 5.91 Å². The fraction of sp³-hybridized carbons (Fsp3) is 0.941. The number of amides is 1. The minimum Gasteiger partial charge on any atom is -0.352 e. The van der Waals surface area contributed by atoms with E-state index < -0.39 is 0 Å². The third-order valence-corrected chi connectivity index (χ3v) is 5.84. The summed E-state index contributed by atoms with van der Waals surface area (Å²) in [6, 6.07) is 0.868. The molecule has 2 rings (SSSR count). The molecule has 0 aromatic rings. The molecule has 1 aliphatic carbocycles. The van der Waals surface area contributed by atoms with Gasteiger partial charge in [0.25, 0.3) is 0 Å². The molecule has 0 bridgehead atoms. The van der Waals surface area contributed by atoms with Gasteiger partial charge in [0.15, 0.2) is 0 Å². The molecule has 0 aromatic heterocycles. The number of carbonyl (C=O) groups is 1. The molecule has 1 saturated carbocycles. The van der Waals surface area contributed by atoms with Gasteiger partial charge in [0.2, 0.25) is 5.91 Å². The summed E-state index contributed by atoms with van der Waals surface area (Å²) < 4.78 is 0. The van der Waals surface area contributed by atoms with Crippen LogP contribution in [-0.4, -0.2) is 42.5 Å². The van der Waals surface area contributed by atoms with E-state index in [1.807, 2.05) is 0 Å². The molecule has 122 valence electrons. The second kappa shape index (κ2) is 7.59. The molecular weight excluding hydrogens is 262 g/mol. The van der Waals surface area contributed by atoms with Crippen LogP contribution < -0.4 is 11.1 Å². The molecule has 4 heteroatoms. The van der Waals surface area contributed by atoms with Gasteiger partial charge < -0.3 is 11.1 Å². The van der Waals surface area contributed by atoms with Crippen LogP contribution in [0.5, 0.6) is 0 Å². The average molecular weight is 295 g/mol. The van der Waals surface area contributed by atoms with Gasteiger partial charge in [-0.3, -0.25) is 9.69 Å². The van der Waals surface area contributed by atoms with Gasteiger partial charge in [-0.1, -0.05) is 26.7 Å². The van der Waals surface area contributed by atoms with E-state index in [2.05, 4.69) is 31.0 Å². The van der Waals surface area contributed by atoms with Gasteiger partial charge in [0, 0.05) is 18.6 Å². The lowest BCUT2D eigenvalue weighted by atomic mass is 9.78. The number of likely N-dealkylation sites (tertiary alicyclic amines) is 1. The van der Waals surface area contributed by atoms with Crippen molar-refractivity contribution in [1.82, 2.24) is 10.2 Å². The first-order valence-corrected chi connectivity index (χ1v) is 8.74. The zero-order valence-corrected chi connectivity index (χ0v) is 14.0. The molecular formula is C17H33N3O. The van der Waals surface area contributed by atoms with Crippen LogP contribution in [0.1, 0.15) is 52.9 Å². The van der Waals surface area contributed by atoms with E-state index in [9.17, 15) is 4.79 Å². The molecule has 1 heterocycles. The number of nitrogens with zero attached hydrogens (tertiary/aromatic N) is 1. The van der Waals surface area contributed by atoms with Crippen LogP contribution in [0.4, 0.5) is 0 Å². The van der Waals surface area contributed by atoms with Crippen LogP contribution >= 0.6 is 0 Å². The van der Waals surface area contributed by atoms with E-state index in [1.54, 1.807) is 0 Å². The molecule has 5 atom stereocenters. The van der Waals surface area contributed by atoms with Gasteiger partial charge in [-0.25, -0.2) is 0 Å². The largest absolute Gasteiger partial charge is 0.352 e. The molecule has 0 spiro atoms. The van der Waals surface area contributed by atoms with Crippen LogP contribution in [0.15, 0.2) is 0 Å². The smallest absolute Gasteiger partial charge is 0.234 e. The molecule has 4 nitrogen and oxygen atoms in total. The van der Waals surface area contributed by atoms with Crippen LogP contribution in [0.2, 0.25) is 0 Å². The van der Waals surface area contributed by atoms with Gasteiger partial charge in [-0.05, 0) is 50.5 Å².